The summed E-state index contributed by atoms with van der Waals surface area (Å²) in [5.74, 6) is 0.235. The predicted molar refractivity (Wildman–Crippen MR) is 88.9 cm³/mol. The molecule has 22 heavy (non-hydrogen) atoms. The third-order valence-corrected chi connectivity index (χ3v) is 3.42. The van der Waals surface area contributed by atoms with Crippen LogP contribution in [0.1, 0.15) is 34.8 Å². The number of carbonyl (C=O) groups is 1. The van der Waals surface area contributed by atoms with E-state index in [0.29, 0.717) is 23.1 Å². The van der Waals surface area contributed by atoms with Crippen LogP contribution in [-0.4, -0.2) is 22.4 Å². The highest BCUT2D eigenvalue weighted by Gasteiger charge is 2.09. The molecule has 1 aromatic carbocycles. The van der Waals surface area contributed by atoms with E-state index < -0.39 is 0 Å². The van der Waals surface area contributed by atoms with Crippen LogP contribution >= 0.6 is 11.6 Å². The molecule has 6 heteroatoms. The lowest BCUT2D eigenvalue weighted by Crippen LogP contribution is -2.24. The number of halogens is 1. The molecule has 0 bridgehead atoms. The highest BCUT2D eigenvalue weighted by Crippen LogP contribution is 2.29. The number of rotatable bonds is 5. The first kappa shape index (κ1) is 16.2. The van der Waals surface area contributed by atoms with Crippen molar-refractivity contribution in [2.24, 2.45) is 0 Å². The lowest BCUT2D eigenvalue weighted by Gasteiger charge is -2.11. The Labute approximate surface area is 135 Å². The van der Waals surface area contributed by atoms with Crippen molar-refractivity contribution in [1.29, 1.82) is 0 Å². The lowest BCUT2D eigenvalue weighted by molar-refractivity contribution is 0.0953. The Kier molecular flexibility index (Phi) is 5.33. The summed E-state index contributed by atoms with van der Waals surface area (Å²) in [5, 5.41) is 6.49. The lowest BCUT2D eigenvalue weighted by atomic mass is 10.1. The molecule has 2 aromatic rings. The fraction of sp³-hybridized carbons (Fsp3) is 0.312. The molecule has 0 saturated heterocycles. The van der Waals surface area contributed by atoms with Crippen LogP contribution in [0.3, 0.4) is 0 Å². The second-order valence-electron chi connectivity index (χ2n) is 5.11. The van der Waals surface area contributed by atoms with Gasteiger partial charge in [-0.1, -0.05) is 24.6 Å². The Hall–Kier alpha value is -2.14. The van der Waals surface area contributed by atoms with E-state index in [1.54, 1.807) is 0 Å². The largest absolute Gasteiger partial charge is 0.352 e. The third-order valence-electron chi connectivity index (χ3n) is 3.12. The van der Waals surface area contributed by atoms with E-state index in [9.17, 15) is 4.79 Å². The second kappa shape index (κ2) is 7.22. The number of nitrogens with one attached hydrogen (secondary N) is 2. The van der Waals surface area contributed by atoms with Gasteiger partial charge < -0.3 is 10.6 Å². The summed E-state index contributed by atoms with van der Waals surface area (Å²) >= 11 is 6.24. The fourth-order valence-electron chi connectivity index (χ4n) is 2.04. The third kappa shape index (κ3) is 3.95. The summed E-state index contributed by atoms with van der Waals surface area (Å²) in [4.78, 5) is 20.1. The van der Waals surface area contributed by atoms with Crippen LogP contribution in [-0.2, 0) is 0 Å². The Balaban J connectivity index is 2.13. The zero-order valence-electron chi connectivity index (χ0n) is 12.9. The van der Waals surface area contributed by atoms with Gasteiger partial charge in [0.1, 0.15) is 0 Å². The van der Waals surface area contributed by atoms with Crippen LogP contribution in [0, 0.1) is 13.8 Å². The maximum absolute atomic E-state index is 11.8. The molecule has 5 nitrogen and oxygen atoms in total. The minimum Gasteiger partial charge on any atom is -0.352 e. The minimum atomic E-state index is -0.169. The number of nitrogens with zero attached hydrogens (tertiary/aromatic N) is 2. The topological polar surface area (TPSA) is 66.9 Å². The van der Waals surface area contributed by atoms with Crippen molar-refractivity contribution in [2.45, 2.75) is 27.2 Å². The first-order chi connectivity index (χ1) is 10.5. The first-order valence-corrected chi connectivity index (χ1v) is 7.53. The fourth-order valence-corrected chi connectivity index (χ4v) is 2.40. The van der Waals surface area contributed by atoms with Crippen LogP contribution in [0.2, 0.25) is 5.02 Å². The van der Waals surface area contributed by atoms with Gasteiger partial charge in [0, 0.05) is 18.9 Å². The highest BCUT2D eigenvalue weighted by atomic mass is 35.5. The zero-order chi connectivity index (χ0) is 16.1. The number of anilines is 2. The molecule has 0 aliphatic carbocycles. The average Bonchev–Trinajstić information content (AvgIpc) is 2.49. The van der Waals surface area contributed by atoms with Crippen LogP contribution in [0.5, 0.6) is 0 Å². The molecule has 0 atom stereocenters. The number of aromatic nitrogens is 2. The molecule has 1 aromatic heterocycles. The zero-order valence-corrected chi connectivity index (χ0v) is 13.7. The van der Waals surface area contributed by atoms with Crippen molar-refractivity contribution in [3.63, 3.8) is 0 Å². The molecule has 0 fully saturated rings. The van der Waals surface area contributed by atoms with Gasteiger partial charge in [0.2, 0.25) is 5.95 Å². The Morgan fingerprint density at radius 3 is 2.50 bits per heavy atom. The van der Waals surface area contributed by atoms with Gasteiger partial charge in [-0.05, 0) is 37.5 Å². The quantitative estimate of drug-likeness (QED) is 0.883. The molecule has 116 valence electrons. The molecule has 1 heterocycles. The molecule has 0 aliphatic heterocycles. The van der Waals surface area contributed by atoms with E-state index in [0.717, 1.165) is 23.2 Å². The SMILES string of the molecule is CCCNC(=O)c1cnc(Nc2c(C)cc(C)cc2Cl)nc1. The molecular formula is C16H19ClN4O. The molecule has 2 N–H and O–H groups in total. The van der Waals surface area contributed by atoms with Gasteiger partial charge in [0.25, 0.3) is 5.91 Å². The summed E-state index contributed by atoms with van der Waals surface area (Å²) in [6, 6.07) is 3.91. The van der Waals surface area contributed by atoms with Crippen molar-refractivity contribution >= 4 is 29.1 Å². The van der Waals surface area contributed by atoms with Crippen LogP contribution < -0.4 is 10.6 Å². The Morgan fingerprint density at radius 1 is 1.23 bits per heavy atom. The van der Waals surface area contributed by atoms with E-state index in [-0.39, 0.29) is 5.91 Å². The maximum Gasteiger partial charge on any atom is 0.254 e. The average molecular weight is 319 g/mol. The number of hydrogen-bond donors (Lipinski definition) is 2. The van der Waals surface area contributed by atoms with Gasteiger partial charge in [-0.3, -0.25) is 4.79 Å². The highest BCUT2D eigenvalue weighted by molar-refractivity contribution is 6.33. The van der Waals surface area contributed by atoms with E-state index in [1.165, 1.54) is 12.4 Å². The number of carbonyl (C=O) groups excluding carboxylic acids is 1. The van der Waals surface area contributed by atoms with Crippen molar-refractivity contribution in [2.75, 3.05) is 11.9 Å². The first-order valence-electron chi connectivity index (χ1n) is 7.15. The standard InChI is InChI=1S/C16H19ClN4O/c1-4-5-18-15(22)12-8-19-16(20-9-12)21-14-11(3)6-10(2)7-13(14)17/h6-9H,4-5H2,1-3H3,(H,18,22)(H,19,20,21). The van der Waals surface area contributed by atoms with Gasteiger partial charge in [-0.15, -0.1) is 0 Å². The monoisotopic (exact) mass is 318 g/mol. The summed E-state index contributed by atoms with van der Waals surface area (Å²) in [6.45, 7) is 6.59. The molecule has 0 saturated carbocycles. The smallest absolute Gasteiger partial charge is 0.254 e. The molecular weight excluding hydrogens is 300 g/mol. The number of amides is 1. The summed E-state index contributed by atoms with van der Waals surface area (Å²) < 4.78 is 0. The Bertz CT molecular complexity index is 647. The van der Waals surface area contributed by atoms with Crippen LogP contribution in [0.4, 0.5) is 11.6 Å². The van der Waals surface area contributed by atoms with Crippen molar-refractivity contribution in [3.8, 4) is 0 Å². The van der Waals surface area contributed by atoms with Gasteiger partial charge in [0.05, 0.1) is 16.3 Å². The molecule has 0 aliphatic rings. The Morgan fingerprint density at radius 2 is 1.91 bits per heavy atom. The number of benzene rings is 1. The number of hydrogen-bond acceptors (Lipinski definition) is 4. The van der Waals surface area contributed by atoms with Gasteiger partial charge >= 0.3 is 0 Å². The normalized spacial score (nSPS) is 10.4. The summed E-state index contributed by atoms with van der Waals surface area (Å²) in [5.41, 5.74) is 3.32. The van der Waals surface area contributed by atoms with Gasteiger partial charge in [-0.2, -0.15) is 0 Å². The van der Waals surface area contributed by atoms with E-state index >= 15 is 0 Å². The summed E-state index contributed by atoms with van der Waals surface area (Å²) in [6.07, 6.45) is 3.88. The van der Waals surface area contributed by atoms with Gasteiger partial charge in [-0.25, -0.2) is 9.97 Å². The van der Waals surface area contributed by atoms with Crippen molar-refractivity contribution in [1.82, 2.24) is 15.3 Å². The molecule has 0 spiro atoms. The molecule has 0 radical (unpaired) electrons. The maximum atomic E-state index is 11.8. The molecule has 0 unspecified atom stereocenters. The van der Waals surface area contributed by atoms with Gasteiger partial charge in [0.15, 0.2) is 0 Å². The molecule has 1 amide bonds. The summed E-state index contributed by atoms with van der Waals surface area (Å²) in [7, 11) is 0. The van der Waals surface area contributed by atoms with E-state index in [4.69, 9.17) is 11.6 Å². The minimum absolute atomic E-state index is 0.169. The predicted octanol–water partition coefficient (Wildman–Crippen LogP) is 3.63. The molecule has 2 rings (SSSR count). The van der Waals surface area contributed by atoms with Crippen molar-refractivity contribution < 1.29 is 4.79 Å². The van der Waals surface area contributed by atoms with E-state index in [2.05, 4.69) is 20.6 Å². The second-order valence-corrected chi connectivity index (χ2v) is 5.52. The number of aryl methyl sites for hydroxylation is 2. The van der Waals surface area contributed by atoms with Crippen molar-refractivity contribution in [3.05, 3.63) is 46.2 Å². The van der Waals surface area contributed by atoms with E-state index in [1.807, 2.05) is 32.9 Å². The van der Waals surface area contributed by atoms with Crippen LogP contribution in [0.25, 0.3) is 0 Å². The van der Waals surface area contributed by atoms with Crippen LogP contribution in [0.15, 0.2) is 24.5 Å².